The molecule has 0 unspecified atom stereocenters. The lowest BCUT2D eigenvalue weighted by molar-refractivity contribution is 0.0691. The smallest absolute Gasteiger partial charge is 0.355 e. The number of aromatic carboxylic acids is 1. The fourth-order valence-corrected chi connectivity index (χ4v) is 2.17. The number of rotatable bonds is 5. The quantitative estimate of drug-likeness (QED) is 0.865. The standard InChI is InChI=1S/C12H13N3O2S/c1-8-2-3-10(14-6-8)13-5-4-11-15-9(7-18-11)12(16)17/h2-3,6-7H,4-5H2,1H3,(H,13,14)(H,16,17). The summed E-state index contributed by atoms with van der Waals surface area (Å²) >= 11 is 1.36. The van der Waals surface area contributed by atoms with Crippen molar-refractivity contribution in [2.45, 2.75) is 13.3 Å². The van der Waals surface area contributed by atoms with Gasteiger partial charge in [-0.15, -0.1) is 11.3 Å². The van der Waals surface area contributed by atoms with Gasteiger partial charge in [0.2, 0.25) is 0 Å². The Kier molecular flexibility index (Phi) is 3.88. The fourth-order valence-electron chi connectivity index (χ4n) is 1.39. The molecular weight excluding hydrogens is 250 g/mol. The van der Waals surface area contributed by atoms with E-state index in [2.05, 4.69) is 15.3 Å². The molecule has 0 fully saturated rings. The number of anilines is 1. The number of nitrogens with one attached hydrogen (secondary N) is 1. The van der Waals surface area contributed by atoms with E-state index in [4.69, 9.17) is 5.11 Å². The molecule has 0 aliphatic rings. The predicted octanol–water partition coefficient (Wildman–Crippen LogP) is 2.20. The first-order valence-electron chi connectivity index (χ1n) is 5.49. The molecule has 2 aromatic heterocycles. The minimum absolute atomic E-state index is 0.114. The number of thiazole rings is 1. The molecule has 2 rings (SSSR count). The van der Waals surface area contributed by atoms with Crippen LogP contribution < -0.4 is 5.32 Å². The average Bonchev–Trinajstić information content (AvgIpc) is 2.81. The van der Waals surface area contributed by atoms with Crippen LogP contribution in [0.2, 0.25) is 0 Å². The third-order valence-corrected chi connectivity index (χ3v) is 3.24. The van der Waals surface area contributed by atoms with Crippen LogP contribution in [-0.2, 0) is 6.42 Å². The summed E-state index contributed by atoms with van der Waals surface area (Å²) in [5, 5.41) is 14.3. The molecule has 2 heterocycles. The van der Waals surface area contributed by atoms with E-state index in [1.54, 1.807) is 11.6 Å². The second-order valence-corrected chi connectivity index (χ2v) is 4.77. The zero-order valence-corrected chi connectivity index (χ0v) is 10.7. The highest BCUT2D eigenvalue weighted by molar-refractivity contribution is 7.09. The summed E-state index contributed by atoms with van der Waals surface area (Å²) in [5.41, 5.74) is 1.23. The van der Waals surface area contributed by atoms with Crippen LogP contribution in [0.3, 0.4) is 0 Å². The van der Waals surface area contributed by atoms with Crippen molar-refractivity contribution in [3.8, 4) is 0 Å². The first kappa shape index (κ1) is 12.5. The fraction of sp³-hybridized carbons (Fsp3) is 0.250. The van der Waals surface area contributed by atoms with Crippen molar-refractivity contribution < 1.29 is 9.90 Å². The van der Waals surface area contributed by atoms with Gasteiger partial charge in [0.15, 0.2) is 5.69 Å². The summed E-state index contributed by atoms with van der Waals surface area (Å²) in [5.74, 6) is -0.165. The van der Waals surface area contributed by atoms with Crippen LogP contribution in [0.1, 0.15) is 21.1 Å². The average molecular weight is 263 g/mol. The van der Waals surface area contributed by atoms with Crippen LogP contribution in [0.5, 0.6) is 0 Å². The highest BCUT2D eigenvalue weighted by Crippen LogP contribution is 2.11. The first-order chi connectivity index (χ1) is 8.65. The predicted molar refractivity (Wildman–Crippen MR) is 70.2 cm³/mol. The lowest BCUT2D eigenvalue weighted by atomic mass is 10.3. The first-order valence-corrected chi connectivity index (χ1v) is 6.37. The number of carboxylic acids is 1. The Morgan fingerprint density at radius 2 is 2.33 bits per heavy atom. The van der Waals surface area contributed by atoms with Gasteiger partial charge in [-0.3, -0.25) is 0 Å². The number of hydrogen-bond donors (Lipinski definition) is 2. The molecule has 0 atom stereocenters. The van der Waals surface area contributed by atoms with Gasteiger partial charge in [-0.1, -0.05) is 6.07 Å². The third-order valence-electron chi connectivity index (χ3n) is 2.33. The van der Waals surface area contributed by atoms with Crippen LogP contribution in [0.4, 0.5) is 5.82 Å². The van der Waals surface area contributed by atoms with Crippen molar-refractivity contribution in [2.75, 3.05) is 11.9 Å². The van der Waals surface area contributed by atoms with Gasteiger partial charge in [-0.2, -0.15) is 0 Å². The molecule has 94 valence electrons. The molecule has 0 amide bonds. The SMILES string of the molecule is Cc1ccc(NCCc2nc(C(=O)O)cs2)nc1. The Balaban J connectivity index is 1.84. The van der Waals surface area contributed by atoms with Gasteiger partial charge in [-0.05, 0) is 18.6 Å². The molecule has 2 N–H and O–H groups in total. The highest BCUT2D eigenvalue weighted by Gasteiger charge is 2.07. The number of nitrogens with zero attached hydrogens (tertiary/aromatic N) is 2. The molecule has 5 nitrogen and oxygen atoms in total. The summed E-state index contributed by atoms with van der Waals surface area (Å²) in [6.07, 6.45) is 2.49. The van der Waals surface area contributed by atoms with Gasteiger partial charge in [0.05, 0.1) is 5.01 Å². The Labute approximate surface area is 109 Å². The number of aromatic nitrogens is 2. The normalized spacial score (nSPS) is 10.3. The number of pyridine rings is 1. The van der Waals surface area contributed by atoms with Gasteiger partial charge in [0, 0.05) is 24.5 Å². The molecular formula is C12H13N3O2S. The van der Waals surface area contributed by atoms with Crippen molar-refractivity contribution >= 4 is 23.1 Å². The Bertz CT molecular complexity index is 537. The lowest BCUT2D eigenvalue weighted by Crippen LogP contribution is -2.06. The molecule has 6 heteroatoms. The third kappa shape index (κ3) is 3.27. The maximum absolute atomic E-state index is 10.7. The Hall–Kier alpha value is -1.95. The van der Waals surface area contributed by atoms with E-state index in [0.717, 1.165) is 16.4 Å². The highest BCUT2D eigenvalue weighted by atomic mass is 32.1. The van der Waals surface area contributed by atoms with Gasteiger partial charge in [-0.25, -0.2) is 14.8 Å². The summed E-state index contributed by atoms with van der Waals surface area (Å²) in [6, 6.07) is 3.90. The van der Waals surface area contributed by atoms with Crippen LogP contribution in [0, 0.1) is 6.92 Å². The number of carboxylic acid groups (broad SMARTS) is 1. The summed E-state index contributed by atoms with van der Waals surface area (Å²) in [7, 11) is 0. The monoisotopic (exact) mass is 263 g/mol. The van der Waals surface area contributed by atoms with E-state index >= 15 is 0 Å². The summed E-state index contributed by atoms with van der Waals surface area (Å²) in [4.78, 5) is 18.9. The molecule has 0 saturated heterocycles. The van der Waals surface area contributed by atoms with Gasteiger partial charge in [0.1, 0.15) is 5.82 Å². The maximum Gasteiger partial charge on any atom is 0.355 e. The molecule has 0 aliphatic heterocycles. The van der Waals surface area contributed by atoms with Crippen LogP contribution in [0.25, 0.3) is 0 Å². The van der Waals surface area contributed by atoms with Crippen molar-refractivity contribution in [3.05, 3.63) is 40.0 Å². The number of hydrogen-bond acceptors (Lipinski definition) is 5. The van der Waals surface area contributed by atoms with Crippen molar-refractivity contribution in [3.63, 3.8) is 0 Å². The summed E-state index contributed by atoms with van der Waals surface area (Å²) in [6.45, 7) is 2.67. The zero-order valence-electron chi connectivity index (χ0n) is 9.88. The zero-order chi connectivity index (χ0) is 13.0. The van der Waals surface area contributed by atoms with E-state index in [9.17, 15) is 4.79 Å². The molecule has 2 aromatic rings. The van der Waals surface area contributed by atoms with Crippen molar-refractivity contribution in [1.82, 2.24) is 9.97 Å². The van der Waals surface area contributed by atoms with E-state index < -0.39 is 5.97 Å². The van der Waals surface area contributed by atoms with Crippen LogP contribution in [-0.4, -0.2) is 27.6 Å². The molecule has 18 heavy (non-hydrogen) atoms. The largest absolute Gasteiger partial charge is 0.476 e. The van der Waals surface area contributed by atoms with Gasteiger partial charge >= 0.3 is 5.97 Å². The molecule has 0 aliphatic carbocycles. The van der Waals surface area contributed by atoms with Crippen LogP contribution in [0.15, 0.2) is 23.7 Å². The minimum atomic E-state index is -0.981. The molecule has 0 spiro atoms. The van der Waals surface area contributed by atoms with E-state index in [1.165, 1.54) is 11.3 Å². The lowest BCUT2D eigenvalue weighted by Gasteiger charge is -2.03. The van der Waals surface area contributed by atoms with Crippen LogP contribution >= 0.6 is 11.3 Å². The van der Waals surface area contributed by atoms with E-state index in [0.29, 0.717) is 13.0 Å². The Morgan fingerprint density at radius 1 is 1.50 bits per heavy atom. The van der Waals surface area contributed by atoms with Gasteiger partial charge in [0.25, 0.3) is 0 Å². The number of aryl methyl sites for hydroxylation is 1. The van der Waals surface area contributed by atoms with Crippen molar-refractivity contribution in [1.29, 1.82) is 0 Å². The summed E-state index contributed by atoms with van der Waals surface area (Å²) < 4.78 is 0. The molecule has 0 aromatic carbocycles. The molecule has 0 saturated carbocycles. The van der Waals surface area contributed by atoms with Gasteiger partial charge < -0.3 is 10.4 Å². The molecule has 0 radical (unpaired) electrons. The second-order valence-electron chi connectivity index (χ2n) is 3.83. The number of carbonyl (C=O) groups is 1. The second kappa shape index (κ2) is 5.59. The van der Waals surface area contributed by atoms with E-state index in [-0.39, 0.29) is 5.69 Å². The topological polar surface area (TPSA) is 75.1 Å². The molecule has 0 bridgehead atoms. The van der Waals surface area contributed by atoms with Crippen molar-refractivity contribution in [2.24, 2.45) is 0 Å². The van der Waals surface area contributed by atoms with E-state index in [1.807, 2.05) is 19.1 Å². The maximum atomic E-state index is 10.7. The Morgan fingerprint density at radius 3 is 2.94 bits per heavy atom. The minimum Gasteiger partial charge on any atom is -0.476 e.